The van der Waals surface area contributed by atoms with Crippen molar-refractivity contribution in [3.05, 3.63) is 28.2 Å². The molecule has 8 heteroatoms. The van der Waals surface area contributed by atoms with Gasteiger partial charge in [-0.1, -0.05) is 0 Å². The monoisotopic (exact) mass is 406 g/mol. The molecular weight excluding hydrogens is 386 g/mol. The summed E-state index contributed by atoms with van der Waals surface area (Å²) in [7, 11) is 0. The van der Waals surface area contributed by atoms with Crippen LogP contribution in [-0.4, -0.2) is 54.0 Å². The van der Waals surface area contributed by atoms with Crippen molar-refractivity contribution < 1.29 is 23.4 Å². The number of aliphatic hydroxyl groups excluding tert-OH is 1. The summed E-state index contributed by atoms with van der Waals surface area (Å²) >= 11 is 2.94. The van der Waals surface area contributed by atoms with Crippen LogP contribution in [0.5, 0.6) is 0 Å². The van der Waals surface area contributed by atoms with Gasteiger partial charge in [0.25, 0.3) is 0 Å². The Bertz CT molecular complexity index is 622. The zero-order valence-electron chi connectivity index (χ0n) is 13.9. The maximum atomic E-state index is 14.2. The van der Waals surface area contributed by atoms with Crippen LogP contribution in [0.2, 0.25) is 0 Å². The van der Waals surface area contributed by atoms with E-state index >= 15 is 0 Å². The third-order valence-electron chi connectivity index (χ3n) is 3.64. The number of hydrogen-bond donors (Lipinski definition) is 1. The summed E-state index contributed by atoms with van der Waals surface area (Å²) < 4.78 is 33.3. The average Bonchev–Trinajstić information content (AvgIpc) is 2.48. The van der Waals surface area contributed by atoms with Gasteiger partial charge in [0.05, 0.1) is 22.8 Å². The van der Waals surface area contributed by atoms with E-state index in [0.29, 0.717) is 6.54 Å². The molecule has 0 aromatic heterocycles. The van der Waals surface area contributed by atoms with Crippen LogP contribution in [0.25, 0.3) is 0 Å². The second-order valence-corrected chi connectivity index (χ2v) is 7.53. The lowest BCUT2D eigenvalue weighted by Gasteiger charge is -2.42. The molecular formula is C16H21BrF2N2O3. The Kier molecular flexibility index (Phi) is 5.70. The van der Waals surface area contributed by atoms with E-state index in [0.717, 1.165) is 12.1 Å². The maximum absolute atomic E-state index is 14.2. The molecule has 1 atom stereocenters. The lowest BCUT2D eigenvalue weighted by atomic mass is 10.1. The van der Waals surface area contributed by atoms with Crippen molar-refractivity contribution in [3.63, 3.8) is 0 Å². The zero-order chi connectivity index (χ0) is 18.1. The van der Waals surface area contributed by atoms with E-state index in [1.54, 1.807) is 25.7 Å². The number of nitrogens with zero attached hydrogens (tertiary/aromatic N) is 2. The molecule has 1 aliphatic heterocycles. The summed E-state index contributed by atoms with van der Waals surface area (Å²) in [5.41, 5.74) is -0.553. The van der Waals surface area contributed by atoms with Crippen molar-refractivity contribution >= 4 is 27.7 Å². The van der Waals surface area contributed by atoms with Gasteiger partial charge < -0.3 is 19.6 Å². The lowest BCUT2D eigenvalue weighted by Crippen LogP contribution is -2.57. The van der Waals surface area contributed by atoms with Gasteiger partial charge in [0.1, 0.15) is 17.2 Å². The van der Waals surface area contributed by atoms with Gasteiger partial charge in [0, 0.05) is 25.7 Å². The van der Waals surface area contributed by atoms with Gasteiger partial charge in [0.15, 0.2) is 0 Å². The Labute approximate surface area is 148 Å². The van der Waals surface area contributed by atoms with E-state index in [1.165, 1.54) is 4.90 Å². The molecule has 24 heavy (non-hydrogen) atoms. The van der Waals surface area contributed by atoms with E-state index in [1.807, 2.05) is 0 Å². The fourth-order valence-electron chi connectivity index (χ4n) is 2.55. The standard InChI is InChI=1S/C16H21BrF2N2O3/c1-16(2,3)24-15(23)20-4-5-21(10(8-20)9-22)14-7-12(18)11(17)6-13(14)19/h6-7,10,22H,4-5,8-9H2,1-3H3. The van der Waals surface area contributed by atoms with Crippen molar-refractivity contribution in [1.29, 1.82) is 0 Å². The summed E-state index contributed by atoms with van der Waals surface area (Å²) in [4.78, 5) is 15.2. The van der Waals surface area contributed by atoms with Gasteiger partial charge in [-0.3, -0.25) is 0 Å². The van der Waals surface area contributed by atoms with Crippen LogP contribution in [-0.2, 0) is 4.74 Å². The number of piperazine rings is 1. The number of ether oxygens (including phenoxy) is 1. The Morgan fingerprint density at radius 3 is 2.58 bits per heavy atom. The van der Waals surface area contributed by atoms with Crippen LogP contribution in [0.1, 0.15) is 20.8 Å². The lowest BCUT2D eigenvalue weighted by molar-refractivity contribution is 0.0197. The van der Waals surface area contributed by atoms with Gasteiger partial charge in [-0.2, -0.15) is 0 Å². The molecule has 1 N–H and O–H groups in total. The molecule has 134 valence electrons. The number of aliphatic hydroxyl groups is 1. The molecule has 0 saturated carbocycles. The molecule has 0 aliphatic carbocycles. The van der Waals surface area contributed by atoms with Gasteiger partial charge in [-0.15, -0.1) is 0 Å². The van der Waals surface area contributed by atoms with E-state index in [2.05, 4.69) is 15.9 Å². The average molecular weight is 407 g/mol. The molecule has 0 spiro atoms. The molecule has 1 amide bonds. The molecule has 2 rings (SSSR count). The third-order valence-corrected chi connectivity index (χ3v) is 4.25. The number of benzene rings is 1. The van der Waals surface area contributed by atoms with Crippen molar-refractivity contribution in [2.75, 3.05) is 31.1 Å². The van der Waals surface area contributed by atoms with Crippen molar-refractivity contribution in [2.24, 2.45) is 0 Å². The van der Waals surface area contributed by atoms with Crippen LogP contribution in [0.4, 0.5) is 19.3 Å². The SMILES string of the molecule is CC(C)(C)OC(=O)N1CCN(c2cc(F)c(Br)cc2F)C(CO)C1. The highest BCUT2D eigenvalue weighted by molar-refractivity contribution is 9.10. The molecule has 1 aromatic carbocycles. The summed E-state index contributed by atoms with van der Waals surface area (Å²) in [5.74, 6) is -1.18. The molecule has 1 aliphatic rings. The summed E-state index contributed by atoms with van der Waals surface area (Å²) in [5, 5.41) is 9.62. The number of anilines is 1. The highest BCUT2D eigenvalue weighted by atomic mass is 79.9. The van der Waals surface area contributed by atoms with Gasteiger partial charge >= 0.3 is 6.09 Å². The highest BCUT2D eigenvalue weighted by Gasteiger charge is 2.33. The van der Waals surface area contributed by atoms with Crippen LogP contribution in [0.15, 0.2) is 16.6 Å². The molecule has 1 saturated heterocycles. The Hall–Kier alpha value is -1.41. The Morgan fingerprint density at radius 2 is 2.00 bits per heavy atom. The molecule has 1 heterocycles. The van der Waals surface area contributed by atoms with Gasteiger partial charge in [-0.25, -0.2) is 13.6 Å². The van der Waals surface area contributed by atoms with E-state index in [9.17, 15) is 18.7 Å². The van der Waals surface area contributed by atoms with Gasteiger partial charge in [0.2, 0.25) is 0 Å². The first-order chi connectivity index (χ1) is 11.1. The summed E-state index contributed by atoms with van der Waals surface area (Å²) in [6, 6.07) is 1.60. The predicted octanol–water partition coefficient (Wildman–Crippen LogP) is 3.15. The topological polar surface area (TPSA) is 53.0 Å². The van der Waals surface area contributed by atoms with E-state index in [4.69, 9.17) is 4.74 Å². The van der Waals surface area contributed by atoms with Crippen LogP contribution < -0.4 is 4.90 Å². The number of rotatable bonds is 2. The molecule has 1 unspecified atom stereocenters. The van der Waals surface area contributed by atoms with Crippen molar-refractivity contribution in [2.45, 2.75) is 32.4 Å². The molecule has 5 nitrogen and oxygen atoms in total. The van der Waals surface area contributed by atoms with E-state index < -0.39 is 29.4 Å². The molecule has 1 fully saturated rings. The fraction of sp³-hybridized carbons (Fsp3) is 0.562. The minimum atomic E-state index is -0.621. The molecule has 0 bridgehead atoms. The maximum Gasteiger partial charge on any atom is 0.410 e. The highest BCUT2D eigenvalue weighted by Crippen LogP contribution is 2.29. The van der Waals surface area contributed by atoms with Crippen molar-refractivity contribution in [3.8, 4) is 0 Å². The second-order valence-electron chi connectivity index (χ2n) is 6.67. The number of carbonyl (C=O) groups is 1. The predicted molar refractivity (Wildman–Crippen MR) is 90.1 cm³/mol. The summed E-state index contributed by atoms with van der Waals surface area (Å²) in [6.07, 6.45) is -0.483. The Balaban J connectivity index is 2.16. The fourth-order valence-corrected chi connectivity index (χ4v) is 2.87. The first-order valence-electron chi connectivity index (χ1n) is 7.62. The number of halogens is 3. The van der Waals surface area contributed by atoms with Gasteiger partial charge in [-0.05, 0) is 42.8 Å². The number of carbonyl (C=O) groups excluding carboxylic acids is 1. The van der Waals surface area contributed by atoms with Crippen LogP contribution >= 0.6 is 15.9 Å². The number of amides is 1. The quantitative estimate of drug-likeness (QED) is 0.766. The summed E-state index contributed by atoms with van der Waals surface area (Å²) in [6.45, 7) is 5.74. The molecule has 0 radical (unpaired) electrons. The smallest absolute Gasteiger partial charge is 0.410 e. The minimum Gasteiger partial charge on any atom is -0.444 e. The normalized spacial score (nSPS) is 18.7. The second kappa shape index (κ2) is 7.23. The zero-order valence-corrected chi connectivity index (χ0v) is 15.4. The van der Waals surface area contributed by atoms with Crippen LogP contribution in [0.3, 0.4) is 0 Å². The third kappa shape index (κ3) is 4.36. The first kappa shape index (κ1) is 18.9. The number of hydrogen-bond acceptors (Lipinski definition) is 4. The first-order valence-corrected chi connectivity index (χ1v) is 8.41. The minimum absolute atomic E-state index is 0.0386. The van der Waals surface area contributed by atoms with Crippen LogP contribution in [0, 0.1) is 11.6 Å². The largest absolute Gasteiger partial charge is 0.444 e. The Morgan fingerprint density at radius 1 is 1.33 bits per heavy atom. The van der Waals surface area contributed by atoms with Crippen molar-refractivity contribution in [1.82, 2.24) is 4.90 Å². The molecule has 1 aromatic rings. The van der Waals surface area contributed by atoms with E-state index in [-0.39, 0.29) is 29.9 Å².